The monoisotopic (exact) mass is 223 g/mol. The van der Waals surface area contributed by atoms with Crippen molar-refractivity contribution in [2.24, 2.45) is 0 Å². The van der Waals surface area contributed by atoms with Crippen molar-refractivity contribution >= 4 is 5.69 Å². The van der Waals surface area contributed by atoms with Crippen LogP contribution in [-0.2, 0) is 0 Å². The van der Waals surface area contributed by atoms with Gasteiger partial charge in [-0.3, -0.25) is 0 Å². The van der Waals surface area contributed by atoms with Gasteiger partial charge in [-0.05, 0) is 51.0 Å². The molecule has 1 unspecified atom stereocenters. The van der Waals surface area contributed by atoms with Crippen molar-refractivity contribution in [3.05, 3.63) is 30.1 Å². The fraction of sp³-hybridized carbons (Fsp3) is 0.538. The Balaban J connectivity index is 2.28. The third-order valence-corrected chi connectivity index (χ3v) is 3.51. The van der Waals surface area contributed by atoms with E-state index < -0.39 is 0 Å². The number of anilines is 1. The Labute approximate surface area is 95.7 Å². The van der Waals surface area contributed by atoms with Gasteiger partial charge in [-0.15, -0.1) is 0 Å². The largest absolute Gasteiger partial charge is 0.391 e. The van der Waals surface area contributed by atoms with Crippen molar-refractivity contribution in [2.45, 2.75) is 38.3 Å². The highest BCUT2D eigenvalue weighted by Crippen LogP contribution is 2.32. The quantitative estimate of drug-likeness (QED) is 0.791. The van der Waals surface area contributed by atoms with Gasteiger partial charge >= 0.3 is 0 Å². The molecule has 1 aromatic carbocycles. The number of nitrogens with zero attached hydrogens (tertiary/aromatic N) is 1. The number of hydrogen-bond acceptors (Lipinski definition) is 2. The maximum absolute atomic E-state index is 12.9. The van der Waals surface area contributed by atoms with Gasteiger partial charge in [-0.25, -0.2) is 4.39 Å². The summed E-state index contributed by atoms with van der Waals surface area (Å²) in [6.07, 6.45) is 1.48. The minimum absolute atomic E-state index is 0.223. The number of rotatable bonds is 1. The SMILES string of the molecule is CC1(C)C(O)CCCN1c1ccc(F)cc1. The van der Waals surface area contributed by atoms with E-state index in [1.165, 1.54) is 12.1 Å². The summed E-state index contributed by atoms with van der Waals surface area (Å²) in [6.45, 7) is 4.97. The van der Waals surface area contributed by atoms with E-state index in [1.54, 1.807) is 12.1 Å². The van der Waals surface area contributed by atoms with E-state index in [2.05, 4.69) is 4.90 Å². The minimum Gasteiger partial charge on any atom is -0.391 e. The molecule has 3 heteroatoms. The minimum atomic E-state index is -0.327. The first kappa shape index (κ1) is 11.4. The number of aliphatic hydroxyl groups excluding tert-OH is 1. The number of aliphatic hydroxyl groups is 1. The van der Waals surface area contributed by atoms with Gasteiger partial charge in [0, 0.05) is 12.2 Å². The number of benzene rings is 1. The molecular formula is C13H18FNO. The predicted molar refractivity (Wildman–Crippen MR) is 63.1 cm³/mol. The molecule has 88 valence electrons. The topological polar surface area (TPSA) is 23.5 Å². The van der Waals surface area contributed by atoms with E-state index in [1.807, 2.05) is 13.8 Å². The molecule has 1 aromatic rings. The molecular weight excluding hydrogens is 205 g/mol. The van der Waals surface area contributed by atoms with E-state index in [9.17, 15) is 9.50 Å². The van der Waals surface area contributed by atoms with E-state index in [-0.39, 0.29) is 17.5 Å². The molecule has 1 aliphatic rings. The molecule has 0 bridgehead atoms. The average Bonchev–Trinajstić information content (AvgIpc) is 2.24. The van der Waals surface area contributed by atoms with Gasteiger partial charge in [0.25, 0.3) is 0 Å². The van der Waals surface area contributed by atoms with Crippen molar-refractivity contribution in [1.29, 1.82) is 0 Å². The summed E-state index contributed by atoms with van der Waals surface area (Å²) in [5.74, 6) is -0.223. The molecule has 1 saturated heterocycles. The first-order valence-electron chi connectivity index (χ1n) is 5.73. The summed E-state index contributed by atoms with van der Waals surface area (Å²) in [5.41, 5.74) is 0.695. The van der Waals surface area contributed by atoms with Crippen LogP contribution in [0.3, 0.4) is 0 Å². The molecule has 1 N–H and O–H groups in total. The van der Waals surface area contributed by atoms with E-state index in [0.29, 0.717) is 0 Å². The summed E-state index contributed by atoms with van der Waals surface area (Å²) in [5, 5.41) is 10.0. The van der Waals surface area contributed by atoms with Crippen molar-refractivity contribution in [3.63, 3.8) is 0 Å². The van der Waals surface area contributed by atoms with Crippen LogP contribution in [0, 0.1) is 5.82 Å². The van der Waals surface area contributed by atoms with Crippen LogP contribution in [0.2, 0.25) is 0 Å². The van der Waals surface area contributed by atoms with E-state index in [4.69, 9.17) is 0 Å². The van der Waals surface area contributed by atoms with Gasteiger partial charge in [-0.2, -0.15) is 0 Å². The Morgan fingerprint density at radius 3 is 2.56 bits per heavy atom. The standard InChI is InChI=1S/C13H18FNO/c1-13(2)12(16)4-3-9-15(13)11-7-5-10(14)6-8-11/h5-8,12,16H,3-4,9H2,1-2H3. The second-order valence-electron chi connectivity index (χ2n) is 4.94. The summed E-state index contributed by atoms with van der Waals surface area (Å²) < 4.78 is 12.9. The Bertz CT molecular complexity index is 361. The van der Waals surface area contributed by atoms with Crippen LogP contribution >= 0.6 is 0 Å². The smallest absolute Gasteiger partial charge is 0.123 e. The van der Waals surface area contributed by atoms with E-state index in [0.717, 1.165) is 25.1 Å². The predicted octanol–water partition coefficient (Wildman–Crippen LogP) is 2.57. The summed E-state index contributed by atoms with van der Waals surface area (Å²) in [6, 6.07) is 6.48. The van der Waals surface area contributed by atoms with Crippen molar-refractivity contribution in [2.75, 3.05) is 11.4 Å². The fourth-order valence-corrected chi connectivity index (χ4v) is 2.35. The Morgan fingerprint density at radius 2 is 1.94 bits per heavy atom. The lowest BCUT2D eigenvalue weighted by Crippen LogP contribution is -2.56. The Morgan fingerprint density at radius 1 is 1.31 bits per heavy atom. The molecule has 2 rings (SSSR count). The summed E-state index contributed by atoms with van der Waals surface area (Å²) in [7, 11) is 0. The molecule has 0 aromatic heterocycles. The number of hydrogen-bond donors (Lipinski definition) is 1. The van der Waals surface area contributed by atoms with Crippen LogP contribution < -0.4 is 4.90 Å². The molecule has 0 saturated carbocycles. The highest BCUT2D eigenvalue weighted by Gasteiger charge is 2.37. The van der Waals surface area contributed by atoms with Crippen molar-refractivity contribution in [1.82, 2.24) is 0 Å². The maximum Gasteiger partial charge on any atom is 0.123 e. The lowest BCUT2D eigenvalue weighted by Gasteiger charge is -2.47. The zero-order valence-corrected chi connectivity index (χ0v) is 9.78. The molecule has 1 atom stereocenters. The lowest BCUT2D eigenvalue weighted by molar-refractivity contribution is 0.0711. The Hall–Kier alpha value is -1.09. The van der Waals surface area contributed by atoms with Crippen molar-refractivity contribution < 1.29 is 9.50 Å². The molecule has 1 fully saturated rings. The third kappa shape index (κ3) is 1.92. The van der Waals surface area contributed by atoms with Crippen LogP contribution in [0.5, 0.6) is 0 Å². The van der Waals surface area contributed by atoms with Crippen LogP contribution in [0.25, 0.3) is 0 Å². The molecule has 0 spiro atoms. The fourth-order valence-electron chi connectivity index (χ4n) is 2.35. The zero-order valence-electron chi connectivity index (χ0n) is 9.78. The van der Waals surface area contributed by atoms with Gasteiger partial charge in [0.05, 0.1) is 11.6 Å². The van der Waals surface area contributed by atoms with Crippen LogP contribution in [-0.4, -0.2) is 23.3 Å². The molecule has 2 nitrogen and oxygen atoms in total. The van der Waals surface area contributed by atoms with Crippen LogP contribution in [0.4, 0.5) is 10.1 Å². The first-order chi connectivity index (χ1) is 7.51. The van der Waals surface area contributed by atoms with Crippen LogP contribution in [0.1, 0.15) is 26.7 Å². The molecule has 0 radical (unpaired) electrons. The normalized spacial score (nSPS) is 24.5. The molecule has 1 aliphatic heterocycles. The molecule has 0 aliphatic carbocycles. The molecule has 16 heavy (non-hydrogen) atoms. The van der Waals surface area contributed by atoms with Gasteiger partial charge < -0.3 is 10.0 Å². The number of piperidine rings is 1. The maximum atomic E-state index is 12.9. The highest BCUT2D eigenvalue weighted by molar-refractivity contribution is 5.49. The highest BCUT2D eigenvalue weighted by atomic mass is 19.1. The summed E-state index contributed by atoms with van der Waals surface area (Å²) >= 11 is 0. The van der Waals surface area contributed by atoms with Gasteiger partial charge in [0.15, 0.2) is 0 Å². The lowest BCUT2D eigenvalue weighted by atomic mass is 9.87. The first-order valence-corrected chi connectivity index (χ1v) is 5.73. The molecule has 1 heterocycles. The second kappa shape index (κ2) is 4.06. The number of halogens is 1. The van der Waals surface area contributed by atoms with Gasteiger partial charge in [0.1, 0.15) is 5.82 Å². The second-order valence-corrected chi connectivity index (χ2v) is 4.94. The van der Waals surface area contributed by atoms with E-state index >= 15 is 0 Å². The average molecular weight is 223 g/mol. The summed E-state index contributed by atoms with van der Waals surface area (Å²) in [4.78, 5) is 2.15. The zero-order chi connectivity index (χ0) is 11.8. The third-order valence-electron chi connectivity index (χ3n) is 3.51. The van der Waals surface area contributed by atoms with Crippen LogP contribution in [0.15, 0.2) is 24.3 Å². The Kier molecular flexibility index (Phi) is 2.89. The molecule has 0 amide bonds. The van der Waals surface area contributed by atoms with Crippen molar-refractivity contribution in [3.8, 4) is 0 Å². The van der Waals surface area contributed by atoms with Gasteiger partial charge in [-0.1, -0.05) is 0 Å². The van der Waals surface area contributed by atoms with Gasteiger partial charge in [0.2, 0.25) is 0 Å².